The van der Waals surface area contributed by atoms with Crippen LogP contribution in [0.1, 0.15) is 35.7 Å². The van der Waals surface area contributed by atoms with Crippen LogP contribution in [0.2, 0.25) is 0 Å². The number of terminal acetylenes is 1. The largest absolute Gasteiger partial charge is 0.454 e. The van der Waals surface area contributed by atoms with Gasteiger partial charge in [0, 0.05) is 5.56 Å². The smallest absolute Gasteiger partial charge is 0.279 e. The van der Waals surface area contributed by atoms with Gasteiger partial charge in [-0.2, -0.15) is 4.99 Å². The van der Waals surface area contributed by atoms with Crippen LogP contribution >= 0.6 is 11.3 Å². The number of aromatic nitrogens is 1. The average molecular weight is 392 g/mol. The molecule has 1 aliphatic rings. The van der Waals surface area contributed by atoms with Crippen molar-refractivity contribution in [1.29, 1.82) is 0 Å². The molecule has 2 heterocycles. The second-order valence-electron chi connectivity index (χ2n) is 6.57. The van der Waals surface area contributed by atoms with Crippen LogP contribution in [-0.4, -0.2) is 17.3 Å². The fourth-order valence-corrected chi connectivity index (χ4v) is 4.26. The molecule has 0 bridgehead atoms. The van der Waals surface area contributed by atoms with Gasteiger partial charge in [-0.3, -0.25) is 4.79 Å². The highest BCUT2D eigenvalue weighted by Crippen LogP contribution is 2.32. The molecule has 4 rings (SSSR count). The third-order valence-electron chi connectivity index (χ3n) is 4.63. The molecule has 1 amide bonds. The molecule has 0 N–H and O–H groups in total. The Bertz CT molecular complexity index is 1150. The minimum atomic E-state index is -0.332. The van der Waals surface area contributed by atoms with E-state index in [4.69, 9.17) is 15.9 Å². The fraction of sp³-hybridized carbons (Fsp3) is 0.273. The first kappa shape index (κ1) is 18.3. The van der Waals surface area contributed by atoms with Crippen molar-refractivity contribution in [3.05, 3.63) is 52.3 Å². The summed E-state index contributed by atoms with van der Waals surface area (Å²) in [6.07, 6.45) is 8.91. The first-order valence-electron chi connectivity index (χ1n) is 9.24. The number of nitrogens with zero attached hydrogens (tertiary/aromatic N) is 2. The molecule has 0 atom stereocenters. The number of aryl methyl sites for hydroxylation is 1. The molecule has 0 fully saturated rings. The van der Waals surface area contributed by atoms with Crippen molar-refractivity contribution in [1.82, 2.24) is 4.57 Å². The zero-order valence-corrected chi connectivity index (χ0v) is 16.4. The van der Waals surface area contributed by atoms with E-state index in [-0.39, 0.29) is 12.7 Å². The maximum absolute atomic E-state index is 12.7. The zero-order chi connectivity index (χ0) is 19.5. The Labute approximate surface area is 167 Å². The maximum Gasteiger partial charge on any atom is 0.279 e. The highest BCUT2D eigenvalue weighted by atomic mass is 32.1. The number of rotatable bonds is 5. The lowest BCUT2D eigenvalue weighted by molar-refractivity contribution is 0.0997. The molecular formula is C22H20N2O3S. The monoisotopic (exact) mass is 392 g/mol. The number of hydrogen-bond acceptors (Lipinski definition) is 4. The van der Waals surface area contributed by atoms with Crippen molar-refractivity contribution in [2.24, 2.45) is 4.99 Å². The Morgan fingerprint density at radius 1 is 1.25 bits per heavy atom. The van der Waals surface area contributed by atoms with Crippen molar-refractivity contribution in [3.8, 4) is 23.8 Å². The molecule has 1 aliphatic heterocycles. The van der Waals surface area contributed by atoms with Gasteiger partial charge in [0.05, 0.1) is 16.8 Å². The Morgan fingerprint density at radius 2 is 2.11 bits per heavy atom. The summed E-state index contributed by atoms with van der Waals surface area (Å²) >= 11 is 1.48. The van der Waals surface area contributed by atoms with E-state index in [2.05, 4.69) is 36.0 Å². The molecule has 28 heavy (non-hydrogen) atoms. The Hall–Kier alpha value is -3.04. The lowest BCUT2D eigenvalue weighted by Gasteiger charge is -2.02. The van der Waals surface area contributed by atoms with Gasteiger partial charge < -0.3 is 14.0 Å². The molecule has 6 heteroatoms. The Balaban J connectivity index is 1.74. The Morgan fingerprint density at radius 3 is 2.93 bits per heavy atom. The summed E-state index contributed by atoms with van der Waals surface area (Å²) in [6, 6.07) is 11.5. The summed E-state index contributed by atoms with van der Waals surface area (Å²) in [7, 11) is 0. The van der Waals surface area contributed by atoms with Crippen LogP contribution in [0.25, 0.3) is 10.2 Å². The van der Waals surface area contributed by atoms with Gasteiger partial charge in [0.15, 0.2) is 16.3 Å². The van der Waals surface area contributed by atoms with Crippen molar-refractivity contribution >= 4 is 27.5 Å². The van der Waals surface area contributed by atoms with Crippen LogP contribution in [0.15, 0.2) is 41.4 Å². The van der Waals surface area contributed by atoms with Crippen molar-refractivity contribution in [2.45, 2.75) is 32.7 Å². The van der Waals surface area contributed by atoms with Crippen molar-refractivity contribution in [3.63, 3.8) is 0 Å². The summed E-state index contributed by atoms with van der Waals surface area (Å²) < 4.78 is 13.6. The lowest BCUT2D eigenvalue weighted by Crippen LogP contribution is -2.16. The van der Waals surface area contributed by atoms with Gasteiger partial charge in [-0.05, 0) is 48.7 Å². The van der Waals surface area contributed by atoms with E-state index >= 15 is 0 Å². The van der Waals surface area contributed by atoms with E-state index in [1.807, 2.05) is 4.57 Å². The van der Waals surface area contributed by atoms with Gasteiger partial charge in [-0.1, -0.05) is 36.7 Å². The summed E-state index contributed by atoms with van der Waals surface area (Å²) in [5.41, 5.74) is 2.75. The van der Waals surface area contributed by atoms with E-state index in [1.165, 1.54) is 16.9 Å². The number of fused-ring (bicyclic) bond motifs is 2. The van der Waals surface area contributed by atoms with Crippen LogP contribution in [0.3, 0.4) is 0 Å². The molecule has 0 aliphatic carbocycles. The van der Waals surface area contributed by atoms with Gasteiger partial charge in [-0.25, -0.2) is 0 Å². The van der Waals surface area contributed by atoms with Gasteiger partial charge in [-0.15, -0.1) is 6.42 Å². The van der Waals surface area contributed by atoms with Gasteiger partial charge in [0.25, 0.3) is 5.91 Å². The van der Waals surface area contributed by atoms with Crippen LogP contribution in [0.5, 0.6) is 11.5 Å². The normalized spacial score (nSPS) is 13.1. The minimum absolute atomic E-state index is 0.170. The first-order chi connectivity index (χ1) is 13.7. The topological polar surface area (TPSA) is 52.8 Å². The molecule has 5 nitrogen and oxygen atoms in total. The van der Waals surface area contributed by atoms with Crippen LogP contribution < -0.4 is 14.3 Å². The SMILES string of the molecule is C#CCn1c(=NC(=O)c2ccc3c(c2)OCO3)sc2cc(CCCC)ccc21. The summed E-state index contributed by atoms with van der Waals surface area (Å²) in [5.74, 6) is 3.53. The number of hydrogen-bond donors (Lipinski definition) is 0. The number of carbonyl (C=O) groups excluding carboxylic acids is 1. The number of carbonyl (C=O) groups is 1. The molecule has 142 valence electrons. The zero-order valence-electron chi connectivity index (χ0n) is 15.6. The summed E-state index contributed by atoms with van der Waals surface area (Å²) in [5, 5.41) is 0. The molecule has 1 aromatic heterocycles. The third kappa shape index (κ3) is 3.54. The van der Waals surface area contributed by atoms with Crippen LogP contribution in [-0.2, 0) is 13.0 Å². The van der Waals surface area contributed by atoms with Crippen molar-refractivity contribution in [2.75, 3.05) is 6.79 Å². The average Bonchev–Trinajstić information content (AvgIpc) is 3.30. The lowest BCUT2D eigenvalue weighted by atomic mass is 10.1. The standard InChI is InChI=1S/C22H20N2O3S/c1-3-5-6-15-7-9-17-20(12-15)28-22(24(17)11-4-2)23-21(25)16-8-10-18-19(13-16)27-14-26-18/h2,7-10,12-13H,3,5-6,11,14H2,1H3. The third-order valence-corrected chi connectivity index (χ3v) is 5.67. The molecular weight excluding hydrogens is 372 g/mol. The second-order valence-corrected chi connectivity index (χ2v) is 7.57. The maximum atomic E-state index is 12.7. The predicted octanol–water partition coefficient (Wildman–Crippen LogP) is 4.15. The fourth-order valence-electron chi connectivity index (χ4n) is 3.16. The van der Waals surface area contributed by atoms with E-state index in [1.54, 1.807) is 18.2 Å². The number of thiazole rings is 1. The van der Waals surface area contributed by atoms with E-state index in [0.29, 0.717) is 28.4 Å². The van der Waals surface area contributed by atoms with Gasteiger partial charge >= 0.3 is 0 Å². The van der Waals surface area contributed by atoms with E-state index in [0.717, 1.165) is 29.5 Å². The molecule has 0 saturated carbocycles. The van der Waals surface area contributed by atoms with Gasteiger partial charge in [0.1, 0.15) is 0 Å². The van der Waals surface area contributed by atoms with E-state index < -0.39 is 0 Å². The number of benzene rings is 2. The highest BCUT2D eigenvalue weighted by molar-refractivity contribution is 7.16. The number of unbranched alkanes of at least 4 members (excludes halogenated alkanes) is 1. The summed E-state index contributed by atoms with van der Waals surface area (Å²) in [6.45, 7) is 2.72. The molecule has 0 saturated heterocycles. The molecule has 3 aromatic rings. The number of ether oxygens (including phenoxy) is 2. The first-order valence-corrected chi connectivity index (χ1v) is 10.1. The van der Waals surface area contributed by atoms with Crippen LogP contribution in [0.4, 0.5) is 0 Å². The summed E-state index contributed by atoms with van der Waals surface area (Å²) in [4.78, 5) is 17.7. The minimum Gasteiger partial charge on any atom is -0.454 e. The van der Waals surface area contributed by atoms with Gasteiger partial charge in [0.2, 0.25) is 6.79 Å². The molecule has 2 aromatic carbocycles. The highest BCUT2D eigenvalue weighted by Gasteiger charge is 2.16. The van der Waals surface area contributed by atoms with E-state index in [9.17, 15) is 4.79 Å². The quantitative estimate of drug-likeness (QED) is 0.613. The molecule has 0 radical (unpaired) electrons. The molecule has 0 unspecified atom stereocenters. The second kappa shape index (κ2) is 7.91. The Kier molecular flexibility index (Phi) is 5.18. The molecule has 0 spiro atoms. The van der Waals surface area contributed by atoms with Crippen LogP contribution in [0, 0.1) is 12.3 Å². The van der Waals surface area contributed by atoms with Crippen molar-refractivity contribution < 1.29 is 14.3 Å². The predicted molar refractivity (Wildman–Crippen MR) is 110 cm³/mol. The number of amides is 1.